The minimum atomic E-state index is -0.374. The third kappa shape index (κ3) is 5.14. The van der Waals surface area contributed by atoms with E-state index in [2.05, 4.69) is 17.6 Å². The summed E-state index contributed by atoms with van der Waals surface area (Å²) in [7, 11) is 1.55. The van der Waals surface area contributed by atoms with Crippen molar-refractivity contribution in [1.82, 2.24) is 0 Å². The maximum absolute atomic E-state index is 11.9. The first-order valence-electron chi connectivity index (χ1n) is 7.43. The minimum absolute atomic E-state index is 0.243. The molecule has 0 heterocycles. The monoisotopic (exact) mass is 312 g/mol. The summed E-state index contributed by atoms with van der Waals surface area (Å²) < 4.78 is 5.08. The molecule has 0 fully saturated rings. The Labute approximate surface area is 135 Å². The molecule has 0 bridgehead atoms. The van der Waals surface area contributed by atoms with E-state index >= 15 is 0 Å². The Balaban J connectivity index is 1.87. The quantitative estimate of drug-likeness (QED) is 0.805. The molecule has 2 amide bonds. The number of methoxy groups -OCH3 is 1. The van der Waals surface area contributed by atoms with Gasteiger partial charge in [0.2, 0.25) is 11.8 Å². The van der Waals surface area contributed by atoms with Gasteiger partial charge in [0, 0.05) is 17.4 Å². The van der Waals surface area contributed by atoms with Crippen LogP contribution in [0.3, 0.4) is 0 Å². The first-order valence-corrected chi connectivity index (χ1v) is 7.43. The van der Waals surface area contributed by atoms with Crippen LogP contribution >= 0.6 is 0 Å². The van der Waals surface area contributed by atoms with Gasteiger partial charge in [-0.3, -0.25) is 9.59 Å². The predicted octanol–water partition coefficient (Wildman–Crippen LogP) is 3.22. The van der Waals surface area contributed by atoms with Crippen LogP contribution < -0.4 is 15.4 Å². The van der Waals surface area contributed by atoms with Crippen molar-refractivity contribution in [3.63, 3.8) is 0 Å². The number of hydrogen-bond acceptors (Lipinski definition) is 3. The molecule has 0 spiro atoms. The van der Waals surface area contributed by atoms with E-state index in [4.69, 9.17) is 4.74 Å². The predicted molar refractivity (Wildman–Crippen MR) is 90.7 cm³/mol. The standard InChI is InChI=1S/C18H20N2O3/c1-3-13-7-9-14(10-8-13)19-17(21)12-18(22)20-15-5-4-6-16(11-15)23-2/h4-11H,3,12H2,1-2H3,(H,19,21)(H,20,22). The zero-order valence-corrected chi connectivity index (χ0v) is 13.3. The lowest BCUT2D eigenvalue weighted by atomic mass is 10.1. The van der Waals surface area contributed by atoms with Gasteiger partial charge >= 0.3 is 0 Å². The van der Waals surface area contributed by atoms with Gasteiger partial charge < -0.3 is 15.4 Å². The molecule has 2 aromatic carbocycles. The van der Waals surface area contributed by atoms with Gasteiger partial charge in [-0.25, -0.2) is 0 Å². The van der Waals surface area contributed by atoms with E-state index in [1.54, 1.807) is 31.4 Å². The lowest BCUT2D eigenvalue weighted by Gasteiger charge is -2.08. The van der Waals surface area contributed by atoms with Crippen LogP contribution in [0.4, 0.5) is 11.4 Å². The number of nitrogens with one attached hydrogen (secondary N) is 2. The molecule has 23 heavy (non-hydrogen) atoms. The van der Waals surface area contributed by atoms with Crippen molar-refractivity contribution >= 4 is 23.2 Å². The summed E-state index contributed by atoms with van der Waals surface area (Å²) in [6.45, 7) is 2.07. The van der Waals surface area contributed by atoms with Crippen LogP contribution in [0, 0.1) is 0 Å². The molecule has 0 saturated heterocycles. The number of rotatable bonds is 6. The highest BCUT2D eigenvalue weighted by molar-refractivity contribution is 6.08. The normalized spacial score (nSPS) is 10.0. The van der Waals surface area contributed by atoms with Crippen LogP contribution in [0.2, 0.25) is 0 Å². The Morgan fingerprint density at radius 3 is 2.22 bits per heavy atom. The molecule has 120 valence electrons. The Morgan fingerprint density at radius 1 is 0.957 bits per heavy atom. The second-order valence-corrected chi connectivity index (χ2v) is 5.06. The van der Waals surface area contributed by atoms with Gasteiger partial charge in [-0.05, 0) is 36.2 Å². The molecule has 0 unspecified atom stereocenters. The van der Waals surface area contributed by atoms with Gasteiger partial charge in [-0.1, -0.05) is 25.1 Å². The summed E-state index contributed by atoms with van der Waals surface area (Å²) in [6, 6.07) is 14.5. The average molecular weight is 312 g/mol. The molecule has 0 aromatic heterocycles. The minimum Gasteiger partial charge on any atom is -0.497 e. The molecule has 2 N–H and O–H groups in total. The van der Waals surface area contributed by atoms with Crippen molar-refractivity contribution in [2.75, 3.05) is 17.7 Å². The van der Waals surface area contributed by atoms with Crippen molar-refractivity contribution in [3.8, 4) is 5.75 Å². The summed E-state index contributed by atoms with van der Waals surface area (Å²) >= 11 is 0. The van der Waals surface area contributed by atoms with E-state index < -0.39 is 0 Å². The average Bonchev–Trinajstić information content (AvgIpc) is 2.55. The number of aryl methyl sites for hydroxylation is 1. The van der Waals surface area contributed by atoms with Crippen molar-refractivity contribution in [2.45, 2.75) is 19.8 Å². The number of ether oxygens (including phenoxy) is 1. The second-order valence-electron chi connectivity index (χ2n) is 5.06. The molecule has 5 nitrogen and oxygen atoms in total. The van der Waals surface area contributed by atoms with E-state index in [0.29, 0.717) is 17.1 Å². The molecular formula is C18H20N2O3. The fraction of sp³-hybridized carbons (Fsp3) is 0.222. The third-order valence-electron chi connectivity index (χ3n) is 3.32. The Morgan fingerprint density at radius 2 is 1.61 bits per heavy atom. The summed E-state index contributed by atoms with van der Waals surface area (Å²) in [6.07, 6.45) is 0.698. The number of benzene rings is 2. The molecule has 2 rings (SSSR count). The maximum atomic E-state index is 11.9. The van der Waals surface area contributed by atoms with Gasteiger partial charge in [0.1, 0.15) is 12.2 Å². The molecule has 0 radical (unpaired) electrons. The van der Waals surface area contributed by atoms with Crippen molar-refractivity contribution in [1.29, 1.82) is 0 Å². The van der Waals surface area contributed by atoms with E-state index in [1.807, 2.05) is 24.3 Å². The highest BCUT2D eigenvalue weighted by Crippen LogP contribution is 2.17. The lowest BCUT2D eigenvalue weighted by Crippen LogP contribution is -2.21. The zero-order chi connectivity index (χ0) is 16.7. The van der Waals surface area contributed by atoms with Crippen LogP contribution in [0.1, 0.15) is 18.9 Å². The highest BCUT2D eigenvalue weighted by atomic mass is 16.5. The van der Waals surface area contributed by atoms with Gasteiger partial charge in [-0.2, -0.15) is 0 Å². The summed E-state index contributed by atoms with van der Waals surface area (Å²) in [5.41, 5.74) is 2.47. The van der Waals surface area contributed by atoms with Crippen LogP contribution in [-0.2, 0) is 16.0 Å². The lowest BCUT2D eigenvalue weighted by molar-refractivity contribution is -0.123. The summed E-state index contributed by atoms with van der Waals surface area (Å²) in [5.74, 6) is -0.0844. The van der Waals surface area contributed by atoms with Crippen LogP contribution in [0.25, 0.3) is 0 Å². The fourth-order valence-corrected chi connectivity index (χ4v) is 2.08. The van der Waals surface area contributed by atoms with Crippen LogP contribution in [0.5, 0.6) is 5.75 Å². The number of carbonyl (C=O) groups is 2. The molecule has 0 aliphatic rings. The smallest absolute Gasteiger partial charge is 0.233 e. The van der Waals surface area contributed by atoms with Crippen molar-refractivity contribution in [3.05, 3.63) is 54.1 Å². The molecular weight excluding hydrogens is 292 g/mol. The summed E-state index contributed by atoms with van der Waals surface area (Å²) in [4.78, 5) is 23.8. The van der Waals surface area contributed by atoms with Crippen molar-refractivity contribution in [2.24, 2.45) is 0 Å². The van der Waals surface area contributed by atoms with Crippen LogP contribution in [0.15, 0.2) is 48.5 Å². The van der Waals surface area contributed by atoms with Gasteiger partial charge in [0.25, 0.3) is 0 Å². The fourth-order valence-electron chi connectivity index (χ4n) is 2.08. The van der Waals surface area contributed by atoms with Gasteiger partial charge in [0.15, 0.2) is 0 Å². The Hall–Kier alpha value is -2.82. The number of carbonyl (C=O) groups excluding carboxylic acids is 2. The highest BCUT2D eigenvalue weighted by Gasteiger charge is 2.10. The molecule has 0 aliphatic heterocycles. The maximum Gasteiger partial charge on any atom is 0.233 e. The largest absolute Gasteiger partial charge is 0.497 e. The molecule has 0 aliphatic carbocycles. The first kappa shape index (κ1) is 16.5. The Bertz CT molecular complexity index is 681. The second kappa shape index (κ2) is 7.98. The van der Waals surface area contributed by atoms with Gasteiger partial charge in [-0.15, -0.1) is 0 Å². The van der Waals surface area contributed by atoms with E-state index in [1.165, 1.54) is 5.56 Å². The zero-order valence-electron chi connectivity index (χ0n) is 13.3. The topological polar surface area (TPSA) is 67.4 Å². The van der Waals surface area contributed by atoms with E-state index in [0.717, 1.165) is 6.42 Å². The van der Waals surface area contributed by atoms with E-state index in [-0.39, 0.29) is 18.2 Å². The summed E-state index contributed by atoms with van der Waals surface area (Å²) in [5, 5.41) is 5.38. The molecule has 2 aromatic rings. The van der Waals surface area contributed by atoms with Crippen molar-refractivity contribution < 1.29 is 14.3 Å². The molecule has 0 saturated carbocycles. The Kier molecular flexibility index (Phi) is 5.74. The number of anilines is 2. The van der Waals surface area contributed by atoms with Gasteiger partial charge in [0.05, 0.1) is 7.11 Å². The number of hydrogen-bond donors (Lipinski definition) is 2. The first-order chi connectivity index (χ1) is 11.1. The number of amides is 2. The third-order valence-corrected chi connectivity index (χ3v) is 3.32. The van der Waals surface area contributed by atoms with E-state index in [9.17, 15) is 9.59 Å². The van der Waals surface area contributed by atoms with Crippen LogP contribution in [-0.4, -0.2) is 18.9 Å². The SMILES string of the molecule is CCc1ccc(NC(=O)CC(=O)Nc2cccc(OC)c2)cc1. The molecule has 5 heteroatoms. The molecule has 0 atom stereocenters.